The number of hydrogen-bond acceptors (Lipinski definition) is 4. The van der Waals surface area contributed by atoms with Gasteiger partial charge in [-0.05, 0) is 18.2 Å². The second-order valence-corrected chi connectivity index (χ2v) is 4.67. The van der Waals surface area contributed by atoms with Crippen LogP contribution in [0.25, 0.3) is 11.3 Å². The van der Waals surface area contributed by atoms with E-state index in [1.54, 1.807) is 22.6 Å². The molecule has 2 aromatic rings. The van der Waals surface area contributed by atoms with Gasteiger partial charge in [-0.25, -0.2) is 9.97 Å². The fourth-order valence-electron chi connectivity index (χ4n) is 1.46. The summed E-state index contributed by atoms with van der Waals surface area (Å²) in [5.41, 5.74) is -0.785. The number of hydrogen-bond donors (Lipinski definition) is 0. The van der Waals surface area contributed by atoms with E-state index in [0.717, 1.165) is 6.07 Å². The van der Waals surface area contributed by atoms with E-state index in [9.17, 15) is 23.3 Å². The van der Waals surface area contributed by atoms with Gasteiger partial charge in [0.2, 0.25) is 0 Å². The molecule has 2 rings (SSSR count). The lowest BCUT2D eigenvalue weighted by atomic mass is 10.1. The molecule has 0 saturated carbocycles. The molecule has 1 aromatic carbocycles. The van der Waals surface area contributed by atoms with Gasteiger partial charge in [0.05, 0.1) is 10.6 Å². The van der Waals surface area contributed by atoms with Crippen LogP contribution in [0.5, 0.6) is 0 Å². The third kappa shape index (κ3) is 3.21. The number of non-ortho nitro benzene ring substituents is 1. The fraction of sp³-hybridized carbons (Fsp3) is 0.0909. The van der Waals surface area contributed by atoms with Crippen LogP contribution in [0.2, 0.25) is 0 Å². The Hall–Kier alpha value is -1.78. The van der Waals surface area contributed by atoms with Crippen molar-refractivity contribution >= 4 is 28.3 Å². The van der Waals surface area contributed by atoms with E-state index in [-0.39, 0.29) is 15.2 Å². The van der Waals surface area contributed by atoms with Crippen molar-refractivity contribution in [2.45, 2.75) is 6.18 Å². The molecule has 0 atom stereocenters. The first-order valence-electron chi connectivity index (χ1n) is 5.14. The van der Waals surface area contributed by atoms with Gasteiger partial charge in [0.25, 0.3) is 5.69 Å². The Bertz CT molecular complexity index is 659. The molecule has 104 valence electrons. The van der Waals surface area contributed by atoms with Gasteiger partial charge in [-0.3, -0.25) is 10.1 Å². The number of nitro benzene ring substituents is 1. The van der Waals surface area contributed by atoms with Crippen LogP contribution in [0, 0.1) is 13.9 Å². The van der Waals surface area contributed by atoms with Gasteiger partial charge >= 0.3 is 6.18 Å². The van der Waals surface area contributed by atoms with Crippen LogP contribution in [0.3, 0.4) is 0 Å². The highest BCUT2D eigenvalue weighted by atomic mass is 127. The summed E-state index contributed by atoms with van der Waals surface area (Å²) in [5.74, 6) is 0. The smallest absolute Gasteiger partial charge is 0.258 e. The maximum atomic E-state index is 12.7. The fourth-order valence-corrected chi connectivity index (χ4v) is 1.98. The van der Waals surface area contributed by atoms with E-state index in [0.29, 0.717) is 5.56 Å². The number of halogens is 4. The highest BCUT2D eigenvalue weighted by Crippen LogP contribution is 2.30. The predicted octanol–water partition coefficient (Wildman–Crippen LogP) is 3.68. The first-order valence-corrected chi connectivity index (χ1v) is 6.22. The standard InChI is InChI=1S/C11H5F3IN3O2/c12-11(13,14)9-5-8(16-10(15)17-9)6-1-3-7(4-2-6)18(19)20/h1-5H. The largest absolute Gasteiger partial charge is 0.433 e. The first-order chi connectivity index (χ1) is 9.27. The Kier molecular flexibility index (Phi) is 3.88. The molecule has 0 N–H and O–H groups in total. The van der Waals surface area contributed by atoms with Crippen molar-refractivity contribution in [3.05, 3.63) is 50.0 Å². The van der Waals surface area contributed by atoms with Crippen LogP contribution in [0.1, 0.15) is 5.69 Å². The maximum absolute atomic E-state index is 12.7. The molecule has 1 aromatic heterocycles. The molecule has 0 bridgehead atoms. The third-order valence-electron chi connectivity index (χ3n) is 2.36. The Morgan fingerprint density at radius 3 is 2.25 bits per heavy atom. The van der Waals surface area contributed by atoms with E-state index in [2.05, 4.69) is 9.97 Å². The minimum atomic E-state index is -4.57. The van der Waals surface area contributed by atoms with E-state index in [4.69, 9.17) is 0 Å². The molecule has 0 unspecified atom stereocenters. The van der Waals surface area contributed by atoms with Crippen molar-refractivity contribution in [1.29, 1.82) is 0 Å². The summed E-state index contributed by atoms with van der Waals surface area (Å²) in [7, 11) is 0. The molecule has 9 heteroatoms. The minimum absolute atomic E-state index is 0.0502. The van der Waals surface area contributed by atoms with Gasteiger partial charge < -0.3 is 0 Å². The predicted molar refractivity (Wildman–Crippen MR) is 71.8 cm³/mol. The molecule has 0 spiro atoms. The molecule has 0 saturated heterocycles. The van der Waals surface area contributed by atoms with E-state index < -0.39 is 16.8 Å². The Labute approximate surface area is 124 Å². The van der Waals surface area contributed by atoms with E-state index >= 15 is 0 Å². The molecule has 0 aliphatic rings. The summed E-state index contributed by atoms with van der Waals surface area (Å²) in [6, 6.07) is 5.91. The maximum Gasteiger partial charge on any atom is 0.433 e. The Morgan fingerprint density at radius 2 is 1.75 bits per heavy atom. The molecule has 1 heterocycles. The summed E-state index contributed by atoms with van der Waals surface area (Å²) in [6.07, 6.45) is -4.57. The van der Waals surface area contributed by atoms with E-state index in [1.165, 1.54) is 24.3 Å². The van der Waals surface area contributed by atoms with Gasteiger partial charge in [-0.2, -0.15) is 13.2 Å². The lowest BCUT2D eigenvalue weighted by Gasteiger charge is -2.08. The zero-order chi connectivity index (χ0) is 14.9. The third-order valence-corrected chi connectivity index (χ3v) is 2.85. The highest BCUT2D eigenvalue weighted by molar-refractivity contribution is 14.1. The summed E-state index contributed by atoms with van der Waals surface area (Å²) < 4.78 is 37.9. The molecule has 20 heavy (non-hydrogen) atoms. The van der Waals surface area contributed by atoms with Crippen LogP contribution >= 0.6 is 22.6 Å². The zero-order valence-electron chi connectivity index (χ0n) is 9.56. The SMILES string of the molecule is O=[N+]([O-])c1ccc(-c2cc(C(F)(F)F)nc(I)n2)cc1. The molecular formula is C11H5F3IN3O2. The van der Waals surface area contributed by atoms with Gasteiger partial charge in [0.15, 0.2) is 3.83 Å². The lowest BCUT2D eigenvalue weighted by molar-refractivity contribution is -0.384. The van der Waals surface area contributed by atoms with Crippen molar-refractivity contribution in [2.24, 2.45) is 0 Å². The number of benzene rings is 1. The van der Waals surface area contributed by atoms with Gasteiger partial charge in [-0.15, -0.1) is 0 Å². The zero-order valence-corrected chi connectivity index (χ0v) is 11.7. The van der Waals surface area contributed by atoms with Crippen molar-refractivity contribution in [3.8, 4) is 11.3 Å². The topological polar surface area (TPSA) is 68.9 Å². The van der Waals surface area contributed by atoms with Crippen molar-refractivity contribution in [2.75, 3.05) is 0 Å². The molecule has 0 aliphatic carbocycles. The number of rotatable bonds is 2. The molecule has 5 nitrogen and oxygen atoms in total. The normalized spacial score (nSPS) is 11.4. The first kappa shape index (κ1) is 14.6. The van der Waals surface area contributed by atoms with Crippen LogP contribution in [-0.4, -0.2) is 14.9 Å². The van der Waals surface area contributed by atoms with Crippen molar-refractivity contribution in [1.82, 2.24) is 9.97 Å². The second-order valence-electron chi connectivity index (χ2n) is 3.71. The molecular weight excluding hydrogens is 390 g/mol. The summed E-state index contributed by atoms with van der Waals surface area (Å²) in [4.78, 5) is 17.1. The number of alkyl halides is 3. The molecule has 0 radical (unpaired) electrons. The Morgan fingerprint density at radius 1 is 1.15 bits per heavy atom. The average molecular weight is 395 g/mol. The van der Waals surface area contributed by atoms with Crippen molar-refractivity contribution < 1.29 is 18.1 Å². The van der Waals surface area contributed by atoms with Crippen LogP contribution in [0.4, 0.5) is 18.9 Å². The van der Waals surface area contributed by atoms with Crippen molar-refractivity contribution in [3.63, 3.8) is 0 Å². The summed E-state index contributed by atoms with van der Waals surface area (Å²) >= 11 is 1.58. The average Bonchev–Trinajstić information content (AvgIpc) is 2.37. The number of aromatic nitrogens is 2. The number of nitrogens with zero attached hydrogens (tertiary/aromatic N) is 3. The van der Waals surface area contributed by atoms with E-state index in [1.807, 2.05) is 0 Å². The van der Waals surface area contributed by atoms with Gasteiger partial charge in [0.1, 0.15) is 5.69 Å². The van der Waals surface area contributed by atoms with Crippen LogP contribution in [-0.2, 0) is 6.18 Å². The lowest BCUT2D eigenvalue weighted by Crippen LogP contribution is -2.10. The molecule has 0 amide bonds. The summed E-state index contributed by atoms with van der Waals surface area (Å²) in [5, 5.41) is 10.5. The molecule has 0 fully saturated rings. The second kappa shape index (κ2) is 5.31. The summed E-state index contributed by atoms with van der Waals surface area (Å²) in [6.45, 7) is 0. The minimum Gasteiger partial charge on any atom is -0.258 e. The van der Waals surface area contributed by atoms with Crippen LogP contribution < -0.4 is 0 Å². The molecule has 0 aliphatic heterocycles. The van der Waals surface area contributed by atoms with Crippen LogP contribution in [0.15, 0.2) is 30.3 Å². The highest BCUT2D eigenvalue weighted by Gasteiger charge is 2.33. The van der Waals surface area contributed by atoms with Gasteiger partial charge in [-0.1, -0.05) is 0 Å². The van der Waals surface area contributed by atoms with Gasteiger partial charge in [0, 0.05) is 40.3 Å². The quantitative estimate of drug-likeness (QED) is 0.337. The number of nitro groups is 1. The monoisotopic (exact) mass is 395 g/mol. The Balaban J connectivity index is 2.47.